The standard InChI is InChI=1S/C26H27BrN2O4/c1-3-14-32-24-13-10-21(16-25(24)31-4-2)26(30)29-28-17-20-6-5-7-23(15-20)33-18-19-8-11-22(27)12-9-19/h5-13,15-17H,3-4,14,18H2,1-2H3,(H,29,30)/b28-17+. The van der Waals surface area contributed by atoms with E-state index in [1.54, 1.807) is 24.4 Å². The summed E-state index contributed by atoms with van der Waals surface area (Å²) in [5.74, 6) is 1.55. The number of benzene rings is 3. The van der Waals surface area contributed by atoms with Crippen LogP contribution < -0.4 is 19.6 Å². The molecule has 0 unspecified atom stereocenters. The third-order valence-electron chi connectivity index (χ3n) is 4.52. The van der Waals surface area contributed by atoms with Crippen molar-refractivity contribution in [2.75, 3.05) is 13.2 Å². The third-order valence-corrected chi connectivity index (χ3v) is 5.05. The lowest BCUT2D eigenvalue weighted by Crippen LogP contribution is -2.17. The number of carbonyl (C=O) groups is 1. The Morgan fingerprint density at radius 3 is 2.55 bits per heavy atom. The molecule has 0 aliphatic heterocycles. The molecule has 0 fully saturated rings. The highest BCUT2D eigenvalue weighted by molar-refractivity contribution is 9.10. The fourth-order valence-corrected chi connectivity index (χ4v) is 3.18. The fraction of sp³-hybridized carbons (Fsp3) is 0.231. The lowest BCUT2D eigenvalue weighted by atomic mass is 10.2. The van der Waals surface area contributed by atoms with Gasteiger partial charge in [0.25, 0.3) is 5.91 Å². The minimum absolute atomic E-state index is 0.336. The van der Waals surface area contributed by atoms with Gasteiger partial charge >= 0.3 is 0 Å². The summed E-state index contributed by atoms with van der Waals surface area (Å²) in [6.07, 6.45) is 2.46. The van der Waals surface area contributed by atoms with E-state index < -0.39 is 0 Å². The summed E-state index contributed by atoms with van der Waals surface area (Å²) < 4.78 is 18.2. The quantitative estimate of drug-likeness (QED) is 0.254. The van der Waals surface area contributed by atoms with Gasteiger partial charge in [0, 0.05) is 10.0 Å². The van der Waals surface area contributed by atoms with Crippen LogP contribution in [0.1, 0.15) is 41.8 Å². The van der Waals surface area contributed by atoms with Crippen LogP contribution in [0.2, 0.25) is 0 Å². The van der Waals surface area contributed by atoms with Crippen LogP contribution in [0.25, 0.3) is 0 Å². The Kier molecular flexibility index (Phi) is 9.32. The molecule has 0 radical (unpaired) electrons. The summed E-state index contributed by atoms with van der Waals surface area (Å²) in [5, 5.41) is 4.08. The second-order valence-corrected chi connectivity index (χ2v) is 8.05. The zero-order chi connectivity index (χ0) is 23.5. The molecule has 0 aromatic heterocycles. The number of rotatable bonds is 11. The van der Waals surface area contributed by atoms with Crippen molar-refractivity contribution >= 4 is 28.1 Å². The summed E-state index contributed by atoms with van der Waals surface area (Å²) in [5.41, 5.74) is 4.87. The van der Waals surface area contributed by atoms with Gasteiger partial charge in [-0.3, -0.25) is 4.79 Å². The van der Waals surface area contributed by atoms with E-state index in [2.05, 4.69) is 26.5 Å². The minimum Gasteiger partial charge on any atom is -0.490 e. The molecule has 1 N–H and O–H groups in total. The number of carbonyl (C=O) groups excluding carboxylic acids is 1. The average Bonchev–Trinajstić information content (AvgIpc) is 2.83. The average molecular weight is 511 g/mol. The molecule has 1 amide bonds. The highest BCUT2D eigenvalue weighted by atomic mass is 79.9. The topological polar surface area (TPSA) is 69.2 Å². The van der Waals surface area contributed by atoms with Crippen molar-refractivity contribution in [2.24, 2.45) is 5.10 Å². The van der Waals surface area contributed by atoms with Crippen LogP contribution in [-0.4, -0.2) is 25.3 Å². The molecule has 172 valence electrons. The SMILES string of the molecule is CCCOc1ccc(C(=O)N/N=C/c2cccc(OCc3ccc(Br)cc3)c2)cc1OCC. The number of nitrogens with one attached hydrogen (secondary N) is 1. The number of hydrazone groups is 1. The van der Waals surface area contributed by atoms with E-state index in [9.17, 15) is 4.79 Å². The van der Waals surface area contributed by atoms with Gasteiger partial charge in [-0.25, -0.2) is 5.43 Å². The monoisotopic (exact) mass is 510 g/mol. The largest absolute Gasteiger partial charge is 0.490 e. The van der Waals surface area contributed by atoms with E-state index >= 15 is 0 Å². The molecule has 0 aliphatic carbocycles. The van der Waals surface area contributed by atoms with Gasteiger partial charge in [0.05, 0.1) is 19.4 Å². The molecule has 0 atom stereocenters. The molecule has 33 heavy (non-hydrogen) atoms. The maximum Gasteiger partial charge on any atom is 0.271 e. The highest BCUT2D eigenvalue weighted by Gasteiger charge is 2.11. The Hall–Kier alpha value is -3.32. The van der Waals surface area contributed by atoms with Crippen LogP contribution in [0.4, 0.5) is 0 Å². The van der Waals surface area contributed by atoms with E-state index in [4.69, 9.17) is 14.2 Å². The zero-order valence-corrected chi connectivity index (χ0v) is 20.3. The van der Waals surface area contributed by atoms with E-state index in [-0.39, 0.29) is 5.91 Å². The number of hydrogen-bond donors (Lipinski definition) is 1. The molecular formula is C26H27BrN2O4. The first kappa shape index (κ1) is 24.3. The maximum atomic E-state index is 12.5. The Bertz CT molecular complexity index is 1080. The Balaban J connectivity index is 1.59. The fourth-order valence-electron chi connectivity index (χ4n) is 2.91. The molecule has 0 saturated heterocycles. The minimum atomic E-state index is -0.336. The van der Waals surface area contributed by atoms with Gasteiger partial charge in [-0.2, -0.15) is 5.10 Å². The first-order chi connectivity index (χ1) is 16.1. The van der Waals surface area contributed by atoms with Crippen LogP contribution in [0.3, 0.4) is 0 Å². The first-order valence-corrected chi connectivity index (χ1v) is 11.6. The summed E-state index contributed by atoms with van der Waals surface area (Å²) >= 11 is 3.43. The molecule has 3 aromatic carbocycles. The molecular weight excluding hydrogens is 484 g/mol. The lowest BCUT2D eigenvalue weighted by Gasteiger charge is -2.12. The molecule has 6 nitrogen and oxygen atoms in total. The second kappa shape index (κ2) is 12.6. The second-order valence-electron chi connectivity index (χ2n) is 7.13. The lowest BCUT2D eigenvalue weighted by molar-refractivity contribution is 0.0954. The molecule has 3 rings (SSSR count). The molecule has 7 heteroatoms. The number of halogens is 1. The van der Waals surface area contributed by atoms with Gasteiger partial charge in [0.2, 0.25) is 0 Å². The van der Waals surface area contributed by atoms with Crippen LogP contribution in [0, 0.1) is 0 Å². The van der Waals surface area contributed by atoms with Crippen LogP contribution in [-0.2, 0) is 6.61 Å². The summed E-state index contributed by atoms with van der Waals surface area (Å²) in [4.78, 5) is 12.5. The van der Waals surface area contributed by atoms with E-state index in [1.807, 2.05) is 62.4 Å². The Morgan fingerprint density at radius 2 is 1.79 bits per heavy atom. The highest BCUT2D eigenvalue weighted by Crippen LogP contribution is 2.28. The van der Waals surface area contributed by atoms with Crippen LogP contribution in [0.15, 0.2) is 76.3 Å². The molecule has 0 saturated carbocycles. The van der Waals surface area contributed by atoms with Crippen LogP contribution >= 0.6 is 15.9 Å². The summed E-state index contributed by atoms with van der Waals surface area (Å²) in [7, 11) is 0. The van der Waals surface area contributed by atoms with Crippen molar-refractivity contribution < 1.29 is 19.0 Å². The molecule has 0 aliphatic rings. The van der Waals surface area contributed by atoms with Crippen molar-refractivity contribution in [3.05, 3.63) is 87.9 Å². The first-order valence-electron chi connectivity index (χ1n) is 10.8. The van der Waals surface area contributed by atoms with Crippen molar-refractivity contribution in [3.8, 4) is 17.2 Å². The normalized spacial score (nSPS) is 10.8. The molecule has 0 heterocycles. The molecule has 3 aromatic rings. The number of nitrogens with zero attached hydrogens (tertiary/aromatic N) is 1. The number of amides is 1. The molecule has 0 bridgehead atoms. The van der Waals surface area contributed by atoms with Gasteiger partial charge in [0.15, 0.2) is 11.5 Å². The van der Waals surface area contributed by atoms with Crippen molar-refractivity contribution in [2.45, 2.75) is 26.9 Å². The van der Waals surface area contributed by atoms with E-state index in [1.165, 1.54) is 0 Å². The van der Waals surface area contributed by atoms with E-state index in [0.717, 1.165) is 27.8 Å². The third kappa shape index (κ3) is 7.64. The van der Waals surface area contributed by atoms with Gasteiger partial charge in [-0.1, -0.05) is 47.1 Å². The zero-order valence-electron chi connectivity index (χ0n) is 18.7. The predicted octanol–water partition coefficient (Wildman–Crippen LogP) is 5.98. The Labute approximate surface area is 202 Å². The van der Waals surface area contributed by atoms with Crippen molar-refractivity contribution in [3.63, 3.8) is 0 Å². The predicted molar refractivity (Wildman–Crippen MR) is 133 cm³/mol. The number of ether oxygens (including phenoxy) is 3. The van der Waals surface area contributed by atoms with Gasteiger partial charge in [0.1, 0.15) is 12.4 Å². The summed E-state index contributed by atoms with van der Waals surface area (Å²) in [6.45, 7) is 5.44. The number of hydrogen-bond acceptors (Lipinski definition) is 5. The van der Waals surface area contributed by atoms with Gasteiger partial charge in [-0.15, -0.1) is 0 Å². The summed E-state index contributed by atoms with van der Waals surface area (Å²) in [6, 6.07) is 20.6. The van der Waals surface area contributed by atoms with Crippen LogP contribution in [0.5, 0.6) is 17.2 Å². The smallest absolute Gasteiger partial charge is 0.271 e. The van der Waals surface area contributed by atoms with Crippen molar-refractivity contribution in [1.82, 2.24) is 5.43 Å². The maximum absolute atomic E-state index is 12.5. The molecule has 0 spiro atoms. The van der Waals surface area contributed by atoms with Gasteiger partial charge < -0.3 is 14.2 Å². The Morgan fingerprint density at radius 1 is 0.970 bits per heavy atom. The van der Waals surface area contributed by atoms with Gasteiger partial charge in [-0.05, 0) is 66.9 Å². The van der Waals surface area contributed by atoms with Crippen molar-refractivity contribution in [1.29, 1.82) is 0 Å². The van der Waals surface area contributed by atoms with E-state index in [0.29, 0.717) is 36.9 Å².